The predicted octanol–water partition coefficient (Wildman–Crippen LogP) is 0.712. The average Bonchev–Trinajstić information content (AvgIpc) is 2.88. The monoisotopic (exact) mass is 214 g/mol. The van der Waals surface area contributed by atoms with Crippen LogP contribution in [0.15, 0.2) is 31.0 Å². The highest BCUT2D eigenvalue weighted by Gasteiger charge is 2.10. The number of rotatable bonds is 1. The second kappa shape index (κ2) is 3.06. The van der Waals surface area contributed by atoms with Gasteiger partial charge < -0.3 is 5.73 Å². The first-order valence-corrected chi connectivity index (χ1v) is 4.82. The number of aromatic nitrogens is 5. The number of anilines is 1. The number of imidazole rings is 1. The molecule has 80 valence electrons. The van der Waals surface area contributed by atoms with E-state index >= 15 is 0 Å². The Morgan fingerprint density at radius 2 is 2.19 bits per heavy atom. The Morgan fingerprint density at radius 1 is 1.31 bits per heavy atom. The van der Waals surface area contributed by atoms with Crippen molar-refractivity contribution in [2.45, 2.75) is 0 Å². The molecule has 2 N–H and O–H groups in total. The molecular formula is C10H10N6. The molecule has 0 aromatic carbocycles. The molecule has 6 heteroatoms. The Labute approximate surface area is 91.4 Å². The van der Waals surface area contributed by atoms with Crippen LogP contribution in [0.3, 0.4) is 0 Å². The summed E-state index contributed by atoms with van der Waals surface area (Å²) in [5, 5.41) is 4.13. The summed E-state index contributed by atoms with van der Waals surface area (Å²) in [6.45, 7) is 0. The SMILES string of the molecule is Cn1nccc1-c1cnc(N)n2cncc12. The van der Waals surface area contributed by atoms with Crippen LogP contribution in [-0.4, -0.2) is 24.1 Å². The first-order valence-electron chi connectivity index (χ1n) is 4.82. The van der Waals surface area contributed by atoms with Gasteiger partial charge in [-0.05, 0) is 6.07 Å². The lowest BCUT2D eigenvalue weighted by Gasteiger charge is -2.05. The molecule has 0 atom stereocenters. The lowest BCUT2D eigenvalue weighted by Crippen LogP contribution is -2.01. The summed E-state index contributed by atoms with van der Waals surface area (Å²) in [4.78, 5) is 8.21. The van der Waals surface area contributed by atoms with Gasteiger partial charge in [-0.3, -0.25) is 9.08 Å². The first-order chi connectivity index (χ1) is 7.77. The Hall–Kier alpha value is -2.37. The van der Waals surface area contributed by atoms with E-state index in [2.05, 4.69) is 15.1 Å². The molecule has 3 rings (SSSR count). The topological polar surface area (TPSA) is 74.0 Å². The Kier molecular flexibility index (Phi) is 1.70. The van der Waals surface area contributed by atoms with Gasteiger partial charge in [-0.2, -0.15) is 5.10 Å². The fraction of sp³-hybridized carbons (Fsp3) is 0.100. The fourth-order valence-electron chi connectivity index (χ4n) is 1.77. The van der Waals surface area contributed by atoms with Crippen LogP contribution in [0.4, 0.5) is 5.95 Å². The summed E-state index contributed by atoms with van der Waals surface area (Å²) >= 11 is 0. The molecule has 0 unspecified atom stereocenters. The largest absolute Gasteiger partial charge is 0.369 e. The zero-order valence-corrected chi connectivity index (χ0v) is 8.70. The minimum Gasteiger partial charge on any atom is -0.369 e. The lowest BCUT2D eigenvalue weighted by molar-refractivity contribution is 0.775. The molecule has 0 spiro atoms. The van der Waals surface area contributed by atoms with Crippen molar-refractivity contribution in [3.8, 4) is 11.3 Å². The zero-order valence-electron chi connectivity index (χ0n) is 8.70. The van der Waals surface area contributed by atoms with Gasteiger partial charge >= 0.3 is 0 Å². The van der Waals surface area contributed by atoms with Crippen LogP contribution < -0.4 is 5.73 Å². The molecule has 6 nitrogen and oxygen atoms in total. The number of hydrogen-bond donors (Lipinski definition) is 1. The van der Waals surface area contributed by atoms with E-state index in [0.717, 1.165) is 16.8 Å². The standard InChI is InChI=1S/C10H10N6/c1-15-8(2-3-14-15)7-4-13-10(11)16-6-12-5-9(7)16/h2-6H,1H3,(H2,11,13). The van der Waals surface area contributed by atoms with Gasteiger partial charge in [0, 0.05) is 25.0 Å². The van der Waals surface area contributed by atoms with E-state index in [1.54, 1.807) is 34.0 Å². The minimum atomic E-state index is 0.429. The number of nitrogens with two attached hydrogens (primary N) is 1. The predicted molar refractivity (Wildman–Crippen MR) is 59.6 cm³/mol. The van der Waals surface area contributed by atoms with Gasteiger partial charge in [-0.25, -0.2) is 9.97 Å². The van der Waals surface area contributed by atoms with Crippen LogP contribution in [-0.2, 0) is 7.05 Å². The number of aryl methyl sites for hydroxylation is 1. The Balaban J connectivity index is 2.37. The van der Waals surface area contributed by atoms with Crippen LogP contribution in [0.2, 0.25) is 0 Å². The van der Waals surface area contributed by atoms with Gasteiger partial charge in [-0.1, -0.05) is 0 Å². The second-order valence-electron chi connectivity index (χ2n) is 3.52. The van der Waals surface area contributed by atoms with Crippen molar-refractivity contribution in [1.29, 1.82) is 0 Å². The summed E-state index contributed by atoms with van der Waals surface area (Å²) in [5.74, 6) is 0.429. The number of hydrogen-bond acceptors (Lipinski definition) is 4. The van der Waals surface area contributed by atoms with E-state index in [1.807, 2.05) is 13.1 Å². The highest BCUT2D eigenvalue weighted by atomic mass is 15.3. The van der Waals surface area contributed by atoms with Crippen molar-refractivity contribution in [1.82, 2.24) is 24.1 Å². The van der Waals surface area contributed by atoms with Crippen LogP contribution in [0.1, 0.15) is 0 Å². The molecule has 0 aliphatic heterocycles. The molecule has 0 saturated carbocycles. The van der Waals surface area contributed by atoms with Gasteiger partial charge in [0.25, 0.3) is 0 Å². The van der Waals surface area contributed by atoms with E-state index in [-0.39, 0.29) is 0 Å². The number of nitrogens with zero attached hydrogens (tertiary/aromatic N) is 5. The molecule has 0 fully saturated rings. The van der Waals surface area contributed by atoms with E-state index in [0.29, 0.717) is 5.95 Å². The first kappa shape index (κ1) is 8.90. The van der Waals surface area contributed by atoms with E-state index in [9.17, 15) is 0 Å². The molecular weight excluding hydrogens is 204 g/mol. The van der Waals surface area contributed by atoms with Crippen molar-refractivity contribution in [2.75, 3.05) is 5.73 Å². The Morgan fingerprint density at radius 3 is 2.94 bits per heavy atom. The summed E-state index contributed by atoms with van der Waals surface area (Å²) in [6.07, 6.45) is 6.90. The van der Waals surface area contributed by atoms with Gasteiger partial charge in [0.1, 0.15) is 6.33 Å². The third-order valence-electron chi connectivity index (χ3n) is 2.58. The maximum atomic E-state index is 5.75. The molecule has 3 aromatic heterocycles. The third-order valence-corrected chi connectivity index (χ3v) is 2.58. The fourth-order valence-corrected chi connectivity index (χ4v) is 1.77. The summed E-state index contributed by atoms with van der Waals surface area (Å²) in [7, 11) is 1.89. The average molecular weight is 214 g/mol. The highest BCUT2D eigenvalue weighted by molar-refractivity contribution is 5.78. The van der Waals surface area contributed by atoms with E-state index in [1.165, 1.54) is 0 Å². The van der Waals surface area contributed by atoms with Crippen LogP contribution in [0.25, 0.3) is 16.8 Å². The van der Waals surface area contributed by atoms with Crippen molar-refractivity contribution in [3.05, 3.63) is 31.0 Å². The van der Waals surface area contributed by atoms with Crippen molar-refractivity contribution >= 4 is 11.5 Å². The molecule has 16 heavy (non-hydrogen) atoms. The highest BCUT2D eigenvalue weighted by Crippen LogP contribution is 2.23. The van der Waals surface area contributed by atoms with E-state index < -0.39 is 0 Å². The van der Waals surface area contributed by atoms with Crippen molar-refractivity contribution in [3.63, 3.8) is 0 Å². The number of nitrogen functional groups attached to an aromatic ring is 1. The van der Waals surface area contributed by atoms with Crippen LogP contribution >= 0.6 is 0 Å². The lowest BCUT2D eigenvalue weighted by atomic mass is 10.2. The van der Waals surface area contributed by atoms with Gasteiger partial charge in [0.05, 0.1) is 17.4 Å². The van der Waals surface area contributed by atoms with Crippen LogP contribution in [0.5, 0.6) is 0 Å². The summed E-state index contributed by atoms with van der Waals surface area (Å²) in [6, 6.07) is 1.93. The maximum Gasteiger partial charge on any atom is 0.206 e. The Bertz CT molecular complexity index is 650. The van der Waals surface area contributed by atoms with Crippen molar-refractivity contribution in [2.24, 2.45) is 7.05 Å². The minimum absolute atomic E-state index is 0.429. The molecule has 3 aromatic rings. The molecule has 0 aliphatic rings. The molecule has 0 radical (unpaired) electrons. The van der Waals surface area contributed by atoms with E-state index in [4.69, 9.17) is 5.73 Å². The molecule has 3 heterocycles. The van der Waals surface area contributed by atoms with Gasteiger partial charge in [-0.15, -0.1) is 0 Å². The molecule has 0 saturated heterocycles. The van der Waals surface area contributed by atoms with Gasteiger partial charge in [0.15, 0.2) is 0 Å². The molecule has 0 bridgehead atoms. The van der Waals surface area contributed by atoms with Crippen molar-refractivity contribution < 1.29 is 0 Å². The number of fused-ring (bicyclic) bond motifs is 1. The normalized spacial score (nSPS) is 11.1. The maximum absolute atomic E-state index is 5.75. The quantitative estimate of drug-likeness (QED) is 0.647. The van der Waals surface area contributed by atoms with Crippen LogP contribution in [0, 0.1) is 0 Å². The second-order valence-corrected chi connectivity index (χ2v) is 3.52. The summed E-state index contributed by atoms with van der Waals surface area (Å²) in [5.41, 5.74) is 8.63. The smallest absolute Gasteiger partial charge is 0.206 e. The summed E-state index contributed by atoms with van der Waals surface area (Å²) < 4.78 is 3.54. The zero-order chi connectivity index (χ0) is 11.1. The molecule has 0 aliphatic carbocycles. The molecule has 0 amide bonds. The van der Waals surface area contributed by atoms with Gasteiger partial charge in [0.2, 0.25) is 5.95 Å². The third kappa shape index (κ3) is 1.10.